The maximum Gasteiger partial charge on any atom is 0.267 e. The fourth-order valence-electron chi connectivity index (χ4n) is 4.14. The number of hydrogen-bond acceptors (Lipinski definition) is 3. The Kier molecular flexibility index (Phi) is 3.52. The van der Waals surface area contributed by atoms with E-state index in [-0.39, 0.29) is 17.9 Å². The fraction of sp³-hybridized carbons (Fsp3) is 0.800. The first-order chi connectivity index (χ1) is 9.54. The zero-order valence-electron chi connectivity index (χ0n) is 12.3. The summed E-state index contributed by atoms with van der Waals surface area (Å²) in [5.74, 6) is 2.19. The molecule has 0 aromatic heterocycles. The van der Waals surface area contributed by atoms with Gasteiger partial charge in [-0.15, -0.1) is 0 Å². The van der Waals surface area contributed by atoms with E-state index in [0.29, 0.717) is 24.5 Å². The summed E-state index contributed by atoms with van der Waals surface area (Å²) >= 11 is 0. The molecule has 5 nitrogen and oxygen atoms in total. The van der Waals surface area contributed by atoms with Crippen LogP contribution in [0.25, 0.3) is 0 Å². The summed E-state index contributed by atoms with van der Waals surface area (Å²) in [4.78, 5) is 23.6. The summed E-state index contributed by atoms with van der Waals surface area (Å²) in [6.07, 6.45) is 6.15. The van der Waals surface area contributed by atoms with E-state index in [1.807, 2.05) is 0 Å². The van der Waals surface area contributed by atoms with E-state index in [9.17, 15) is 9.59 Å². The van der Waals surface area contributed by atoms with Crippen molar-refractivity contribution in [3.05, 3.63) is 0 Å². The topological polar surface area (TPSA) is 61.8 Å². The molecular weight excluding hydrogens is 254 g/mol. The van der Waals surface area contributed by atoms with Crippen LogP contribution in [0, 0.1) is 17.8 Å². The second-order valence-electron chi connectivity index (χ2n) is 6.56. The molecular formula is C15H23N3O2. The van der Waals surface area contributed by atoms with Crippen LogP contribution in [0.15, 0.2) is 5.10 Å². The van der Waals surface area contributed by atoms with Gasteiger partial charge in [-0.1, -0.05) is 6.42 Å². The molecule has 1 aliphatic heterocycles. The van der Waals surface area contributed by atoms with E-state index < -0.39 is 0 Å². The van der Waals surface area contributed by atoms with Gasteiger partial charge in [-0.2, -0.15) is 5.10 Å². The predicted octanol–water partition coefficient (Wildman–Crippen LogP) is 1.54. The summed E-state index contributed by atoms with van der Waals surface area (Å²) in [6, 6.07) is 0.212. The summed E-state index contributed by atoms with van der Waals surface area (Å²) in [6.45, 7) is 2.11. The highest BCUT2D eigenvalue weighted by Crippen LogP contribution is 2.49. The molecule has 0 spiro atoms. The number of nitrogens with one attached hydrogen (secondary N) is 1. The van der Waals surface area contributed by atoms with Gasteiger partial charge in [0.2, 0.25) is 5.91 Å². The molecule has 2 bridgehead atoms. The van der Waals surface area contributed by atoms with Gasteiger partial charge in [0.15, 0.2) is 0 Å². The smallest absolute Gasteiger partial charge is 0.267 e. The van der Waals surface area contributed by atoms with Crippen molar-refractivity contribution >= 4 is 17.5 Å². The van der Waals surface area contributed by atoms with Gasteiger partial charge in [-0.3, -0.25) is 9.59 Å². The second-order valence-corrected chi connectivity index (χ2v) is 6.56. The van der Waals surface area contributed by atoms with Crippen molar-refractivity contribution in [2.45, 2.75) is 51.5 Å². The highest BCUT2D eigenvalue weighted by molar-refractivity contribution is 6.39. The monoisotopic (exact) mass is 277 g/mol. The SMILES string of the molecule is CC(NC(=O)C1=NN(C)C(=O)CC1)C1CC2CCC1C2. The van der Waals surface area contributed by atoms with Crippen LogP contribution in [0.1, 0.15) is 45.4 Å². The molecule has 2 fully saturated rings. The van der Waals surface area contributed by atoms with Crippen LogP contribution in [0.2, 0.25) is 0 Å². The quantitative estimate of drug-likeness (QED) is 0.850. The fourth-order valence-corrected chi connectivity index (χ4v) is 4.14. The maximum absolute atomic E-state index is 12.2. The lowest BCUT2D eigenvalue weighted by atomic mass is 9.84. The van der Waals surface area contributed by atoms with Crippen molar-refractivity contribution in [1.29, 1.82) is 0 Å². The lowest BCUT2D eigenvalue weighted by molar-refractivity contribution is -0.130. The lowest BCUT2D eigenvalue weighted by Gasteiger charge is -2.29. The highest BCUT2D eigenvalue weighted by Gasteiger charge is 2.42. The number of carbonyl (C=O) groups excluding carboxylic acids is 2. The number of amides is 2. The van der Waals surface area contributed by atoms with E-state index in [2.05, 4.69) is 17.3 Å². The van der Waals surface area contributed by atoms with E-state index >= 15 is 0 Å². The van der Waals surface area contributed by atoms with E-state index in [4.69, 9.17) is 0 Å². The maximum atomic E-state index is 12.2. The van der Waals surface area contributed by atoms with Gasteiger partial charge in [0.25, 0.3) is 5.91 Å². The summed E-state index contributed by atoms with van der Waals surface area (Å²) < 4.78 is 0. The summed E-state index contributed by atoms with van der Waals surface area (Å²) in [5, 5.41) is 8.46. The normalized spacial score (nSPS) is 34.1. The van der Waals surface area contributed by atoms with Crippen molar-refractivity contribution in [2.75, 3.05) is 7.05 Å². The Hall–Kier alpha value is -1.39. The number of carbonyl (C=O) groups is 2. The Morgan fingerprint density at radius 2 is 2.15 bits per heavy atom. The van der Waals surface area contributed by atoms with Gasteiger partial charge in [0.05, 0.1) is 0 Å². The van der Waals surface area contributed by atoms with Gasteiger partial charge >= 0.3 is 0 Å². The van der Waals surface area contributed by atoms with Crippen LogP contribution < -0.4 is 5.32 Å². The Labute approximate surface area is 119 Å². The number of hydrogen-bond donors (Lipinski definition) is 1. The molecule has 20 heavy (non-hydrogen) atoms. The predicted molar refractivity (Wildman–Crippen MR) is 76.0 cm³/mol. The first-order valence-corrected chi connectivity index (χ1v) is 7.69. The van der Waals surface area contributed by atoms with Crippen LogP contribution in [0.5, 0.6) is 0 Å². The third kappa shape index (κ3) is 2.45. The molecule has 4 unspecified atom stereocenters. The Balaban J connectivity index is 1.59. The Bertz CT molecular complexity index is 460. The molecule has 0 aromatic carbocycles. The van der Waals surface area contributed by atoms with Gasteiger partial charge in [-0.25, -0.2) is 5.01 Å². The van der Waals surface area contributed by atoms with Crippen LogP contribution in [0.4, 0.5) is 0 Å². The van der Waals surface area contributed by atoms with Crippen LogP contribution in [0.3, 0.4) is 0 Å². The number of nitrogens with zero attached hydrogens (tertiary/aromatic N) is 2. The standard InChI is InChI=1S/C15H23N3O2/c1-9(12-8-10-3-4-11(12)7-10)16-15(20)13-5-6-14(19)18(2)17-13/h9-12H,3-8H2,1-2H3,(H,16,20). The molecule has 4 atom stereocenters. The van der Waals surface area contributed by atoms with Crippen molar-refractivity contribution < 1.29 is 9.59 Å². The molecule has 0 radical (unpaired) electrons. The molecule has 0 aromatic rings. The van der Waals surface area contributed by atoms with Crippen LogP contribution >= 0.6 is 0 Å². The van der Waals surface area contributed by atoms with Crippen molar-refractivity contribution in [1.82, 2.24) is 10.3 Å². The number of hydrazone groups is 1. The zero-order valence-corrected chi connectivity index (χ0v) is 12.3. The lowest BCUT2D eigenvalue weighted by Crippen LogP contribution is -2.45. The van der Waals surface area contributed by atoms with Crippen molar-refractivity contribution in [3.63, 3.8) is 0 Å². The molecule has 2 aliphatic carbocycles. The second kappa shape index (κ2) is 5.19. The molecule has 0 saturated heterocycles. The minimum Gasteiger partial charge on any atom is -0.348 e. The first-order valence-electron chi connectivity index (χ1n) is 7.69. The van der Waals surface area contributed by atoms with E-state index in [0.717, 1.165) is 11.8 Å². The Morgan fingerprint density at radius 3 is 2.75 bits per heavy atom. The minimum atomic E-state index is -0.0976. The summed E-state index contributed by atoms with van der Waals surface area (Å²) in [5.41, 5.74) is 0.488. The Morgan fingerprint density at radius 1 is 1.35 bits per heavy atom. The van der Waals surface area contributed by atoms with Gasteiger partial charge in [0, 0.05) is 25.9 Å². The van der Waals surface area contributed by atoms with Gasteiger partial charge < -0.3 is 5.32 Å². The molecule has 2 saturated carbocycles. The molecule has 1 heterocycles. The van der Waals surface area contributed by atoms with Gasteiger partial charge in [0.1, 0.15) is 5.71 Å². The largest absolute Gasteiger partial charge is 0.348 e. The minimum absolute atomic E-state index is 0.0253. The molecule has 110 valence electrons. The molecule has 2 amide bonds. The average molecular weight is 277 g/mol. The first kappa shape index (κ1) is 13.6. The van der Waals surface area contributed by atoms with Gasteiger partial charge in [-0.05, 0) is 43.9 Å². The number of fused-ring (bicyclic) bond motifs is 2. The van der Waals surface area contributed by atoms with Crippen molar-refractivity contribution in [3.8, 4) is 0 Å². The highest BCUT2D eigenvalue weighted by atomic mass is 16.2. The molecule has 5 heteroatoms. The summed E-state index contributed by atoms with van der Waals surface area (Å²) in [7, 11) is 1.61. The third-order valence-corrected chi connectivity index (χ3v) is 5.26. The van der Waals surface area contributed by atoms with E-state index in [1.165, 1.54) is 30.7 Å². The van der Waals surface area contributed by atoms with Crippen molar-refractivity contribution in [2.24, 2.45) is 22.9 Å². The molecule has 3 aliphatic rings. The molecule has 3 rings (SSSR count). The number of rotatable bonds is 3. The van der Waals surface area contributed by atoms with E-state index in [1.54, 1.807) is 7.05 Å². The zero-order chi connectivity index (χ0) is 14.3. The van der Waals surface area contributed by atoms with Crippen LogP contribution in [-0.2, 0) is 9.59 Å². The third-order valence-electron chi connectivity index (χ3n) is 5.26. The van der Waals surface area contributed by atoms with Crippen LogP contribution in [-0.4, -0.2) is 35.6 Å². The average Bonchev–Trinajstić information content (AvgIpc) is 3.04. The molecule has 1 N–H and O–H groups in total.